The third kappa shape index (κ3) is 4.46. The lowest BCUT2D eigenvalue weighted by molar-refractivity contribution is -0.175. The fourth-order valence-electron chi connectivity index (χ4n) is 2.68. The number of carbonyl (C=O) groups is 1. The molecule has 0 radical (unpaired) electrons. The van der Waals surface area contributed by atoms with Gasteiger partial charge in [-0.1, -0.05) is 37.3 Å². The molecule has 0 bridgehead atoms. The highest BCUT2D eigenvalue weighted by atomic mass is 19.4. The van der Waals surface area contributed by atoms with Gasteiger partial charge in [-0.2, -0.15) is 13.2 Å². The van der Waals surface area contributed by atoms with E-state index in [0.29, 0.717) is 19.5 Å². The highest BCUT2D eigenvalue weighted by Gasteiger charge is 2.41. The van der Waals surface area contributed by atoms with Gasteiger partial charge in [0.1, 0.15) is 0 Å². The summed E-state index contributed by atoms with van der Waals surface area (Å²) >= 11 is 0. The monoisotopic (exact) mass is 300 g/mol. The molecule has 1 aliphatic heterocycles. The fourth-order valence-corrected chi connectivity index (χ4v) is 2.68. The standard InChI is InChI=1S/C15H19F3N2O/c1-11-9-20(10-12-5-3-2-4-6-12)8-7-13(11)19-14(21)15(16,17)18/h2-6,11,13H,7-10H2,1H3,(H,19,21)/t11-,13+/m0/s1. The Morgan fingerprint density at radius 2 is 2.00 bits per heavy atom. The van der Waals surface area contributed by atoms with Crippen LogP contribution >= 0.6 is 0 Å². The van der Waals surface area contributed by atoms with Crippen LogP contribution in [0.3, 0.4) is 0 Å². The minimum absolute atomic E-state index is 0.00578. The molecule has 1 N–H and O–H groups in total. The molecule has 3 nitrogen and oxygen atoms in total. The Morgan fingerprint density at radius 3 is 2.57 bits per heavy atom. The van der Waals surface area contributed by atoms with Crippen molar-refractivity contribution in [1.82, 2.24) is 10.2 Å². The van der Waals surface area contributed by atoms with Crippen molar-refractivity contribution in [1.29, 1.82) is 0 Å². The maximum absolute atomic E-state index is 12.3. The van der Waals surface area contributed by atoms with Gasteiger partial charge in [0.05, 0.1) is 0 Å². The van der Waals surface area contributed by atoms with Crippen molar-refractivity contribution in [2.24, 2.45) is 5.92 Å². The predicted molar refractivity (Wildman–Crippen MR) is 73.5 cm³/mol. The molecule has 0 spiro atoms. The van der Waals surface area contributed by atoms with Gasteiger partial charge in [-0.15, -0.1) is 0 Å². The van der Waals surface area contributed by atoms with Crippen LogP contribution in [0, 0.1) is 5.92 Å². The largest absolute Gasteiger partial charge is 0.471 e. The molecule has 116 valence electrons. The minimum Gasteiger partial charge on any atom is -0.345 e. The molecule has 2 rings (SSSR count). The van der Waals surface area contributed by atoms with E-state index in [9.17, 15) is 18.0 Å². The summed E-state index contributed by atoms with van der Waals surface area (Å²) in [4.78, 5) is 13.2. The zero-order chi connectivity index (χ0) is 15.5. The normalized spacial score (nSPS) is 23.8. The van der Waals surface area contributed by atoms with Gasteiger partial charge < -0.3 is 5.32 Å². The summed E-state index contributed by atoms with van der Waals surface area (Å²) in [6, 6.07) is 9.53. The van der Waals surface area contributed by atoms with Crippen LogP contribution in [-0.2, 0) is 11.3 Å². The molecule has 21 heavy (non-hydrogen) atoms. The zero-order valence-corrected chi connectivity index (χ0v) is 11.9. The second kappa shape index (κ2) is 6.47. The average molecular weight is 300 g/mol. The molecule has 0 aliphatic carbocycles. The number of rotatable bonds is 3. The zero-order valence-electron chi connectivity index (χ0n) is 11.9. The fraction of sp³-hybridized carbons (Fsp3) is 0.533. The molecule has 0 unspecified atom stereocenters. The number of nitrogens with one attached hydrogen (secondary N) is 1. The summed E-state index contributed by atoms with van der Waals surface area (Å²) in [6.07, 6.45) is -4.27. The first-order chi connectivity index (χ1) is 9.86. The summed E-state index contributed by atoms with van der Waals surface area (Å²) in [5.41, 5.74) is 1.18. The second-order valence-corrected chi connectivity index (χ2v) is 5.56. The van der Waals surface area contributed by atoms with Gasteiger partial charge in [0.15, 0.2) is 0 Å². The van der Waals surface area contributed by atoms with Gasteiger partial charge in [0, 0.05) is 25.7 Å². The molecule has 1 aromatic rings. The molecule has 1 aliphatic rings. The van der Waals surface area contributed by atoms with E-state index in [1.54, 1.807) is 0 Å². The number of nitrogens with zero attached hydrogens (tertiary/aromatic N) is 1. The van der Waals surface area contributed by atoms with E-state index >= 15 is 0 Å². The van der Waals surface area contributed by atoms with Crippen LogP contribution < -0.4 is 5.32 Å². The molecule has 1 aromatic carbocycles. The van der Waals surface area contributed by atoms with Crippen molar-refractivity contribution >= 4 is 5.91 Å². The smallest absolute Gasteiger partial charge is 0.345 e. The van der Waals surface area contributed by atoms with E-state index in [4.69, 9.17) is 0 Å². The number of amides is 1. The lowest BCUT2D eigenvalue weighted by atomic mass is 9.93. The summed E-state index contributed by atoms with van der Waals surface area (Å²) in [7, 11) is 0. The second-order valence-electron chi connectivity index (χ2n) is 5.56. The molecular formula is C15H19F3N2O. The Morgan fingerprint density at radius 1 is 1.33 bits per heavy atom. The van der Waals surface area contributed by atoms with Crippen LogP contribution in [-0.4, -0.2) is 36.1 Å². The number of hydrogen-bond acceptors (Lipinski definition) is 2. The Labute approximate surface area is 122 Å². The SMILES string of the molecule is C[C@H]1CN(Cc2ccccc2)CC[C@H]1NC(=O)C(F)(F)F. The van der Waals surface area contributed by atoms with Gasteiger partial charge in [0.2, 0.25) is 0 Å². The van der Waals surface area contributed by atoms with Gasteiger partial charge in [-0.25, -0.2) is 0 Å². The summed E-state index contributed by atoms with van der Waals surface area (Å²) in [5.74, 6) is -1.84. The maximum Gasteiger partial charge on any atom is 0.471 e. The van der Waals surface area contributed by atoms with Gasteiger partial charge in [0.25, 0.3) is 0 Å². The third-order valence-electron chi connectivity index (χ3n) is 3.81. The van der Waals surface area contributed by atoms with Gasteiger partial charge in [-0.3, -0.25) is 9.69 Å². The van der Waals surface area contributed by atoms with Crippen molar-refractivity contribution in [2.75, 3.05) is 13.1 Å². The van der Waals surface area contributed by atoms with Crippen molar-refractivity contribution in [3.8, 4) is 0 Å². The van der Waals surface area contributed by atoms with Crippen LogP contribution in [0.4, 0.5) is 13.2 Å². The predicted octanol–water partition coefficient (Wildman–Crippen LogP) is 2.58. The van der Waals surface area contributed by atoms with Crippen molar-refractivity contribution in [3.05, 3.63) is 35.9 Å². The number of halogens is 3. The highest BCUT2D eigenvalue weighted by molar-refractivity contribution is 5.81. The molecule has 0 aromatic heterocycles. The lowest BCUT2D eigenvalue weighted by Gasteiger charge is -2.37. The van der Waals surface area contributed by atoms with Crippen LogP contribution in [0.2, 0.25) is 0 Å². The number of likely N-dealkylation sites (tertiary alicyclic amines) is 1. The molecule has 1 fully saturated rings. The topological polar surface area (TPSA) is 32.3 Å². The van der Waals surface area contributed by atoms with Crippen molar-refractivity contribution < 1.29 is 18.0 Å². The maximum atomic E-state index is 12.3. The van der Waals surface area contributed by atoms with E-state index in [1.165, 1.54) is 5.56 Å². The Hall–Kier alpha value is -1.56. The molecule has 1 heterocycles. The number of piperidine rings is 1. The molecule has 6 heteroatoms. The molecule has 2 atom stereocenters. The first-order valence-electron chi connectivity index (χ1n) is 7.00. The summed E-state index contributed by atoms with van der Waals surface area (Å²) in [6.45, 7) is 4.02. The average Bonchev–Trinajstić information content (AvgIpc) is 2.42. The van der Waals surface area contributed by atoms with Gasteiger partial charge >= 0.3 is 12.1 Å². The van der Waals surface area contributed by atoms with E-state index < -0.39 is 18.1 Å². The third-order valence-corrected chi connectivity index (χ3v) is 3.81. The number of carbonyl (C=O) groups excluding carboxylic acids is 1. The van der Waals surface area contributed by atoms with Crippen LogP contribution in [0.5, 0.6) is 0 Å². The Kier molecular flexibility index (Phi) is 4.88. The van der Waals surface area contributed by atoms with E-state index in [1.807, 2.05) is 37.3 Å². The summed E-state index contributed by atoms with van der Waals surface area (Å²) < 4.78 is 36.8. The molecule has 1 saturated heterocycles. The van der Waals surface area contributed by atoms with E-state index in [0.717, 1.165) is 6.54 Å². The van der Waals surface area contributed by atoms with Crippen molar-refractivity contribution in [3.63, 3.8) is 0 Å². The lowest BCUT2D eigenvalue weighted by Crippen LogP contribution is -2.52. The molecule has 0 saturated carbocycles. The Balaban J connectivity index is 1.86. The highest BCUT2D eigenvalue weighted by Crippen LogP contribution is 2.21. The Bertz CT molecular complexity index is 476. The first-order valence-corrected chi connectivity index (χ1v) is 7.00. The number of benzene rings is 1. The molecular weight excluding hydrogens is 281 g/mol. The van der Waals surface area contributed by atoms with Crippen LogP contribution in [0.1, 0.15) is 18.9 Å². The quantitative estimate of drug-likeness (QED) is 0.930. The summed E-state index contributed by atoms with van der Waals surface area (Å²) in [5, 5.41) is 2.10. The number of alkyl halides is 3. The van der Waals surface area contributed by atoms with Crippen molar-refractivity contribution in [2.45, 2.75) is 32.1 Å². The van der Waals surface area contributed by atoms with Crippen LogP contribution in [0.25, 0.3) is 0 Å². The van der Waals surface area contributed by atoms with Gasteiger partial charge in [-0.05, 0) is 17.9 Å². The van der Waals surface area contributed by atoms with E-state index in [-0.39, 0.29) is 5.92 Å². The molecule has 1 amide bonds. The minimum atomic E-state index is -4.80. The van der Waals surface area contributed by atoms with E-state index in [2.05, 4.69) is 10.2 Å². The first kappa shape index (κ1) is 15.8. The van der Waals surface area contributed by atoms with Crippen LogP contribution in [0.15, 0.2) is 30.3 Å². The number of hydrogen-bond donors (Lipinski definition) is 1.